The van der Waals surface area contributed by atoms with Crippen molar-refractivity contribution in [2.45, 2.75) is 19.9 Å². The van der Waals surface area contributed by atoms with Crippen molar-refractivity contribution >= 4 is 17.6 Å². The van der Waals surface area contributed by atoms with Crippen LogP contribution in [0.1, 0.15) is 24.1 Å². The van der Waals surface area contributed by atoms with Gasteiger partial charge in [0.25, 0.3) is 0 Å². The van der Waals surface area contributed by atoms with Gasteiger partial charge >= 0.3 is 6.03 Å². The van der Waals surface area contributed by atoms with Crippen molar-refractivity contribution in [3.63, 3.8) is 0 Å². The van der Waals surface area contributed by atoms with Crippen LogP contribution in [0, 0.1) is 6.92 Å². The number of carbonyl (C=O) groups is 1. The number of ether oxygens (including phenoxy) is 1. The van der Waals surface area contributed by atoms with E-state index in [0.717, 1.165) is 11.1 Å². The minimum atomic E-state index is -0.0196. The van der Waals surface area contributed by atoms with Crippen LogP contribution in [0.3, 0.4) is 0 Å². The van der Waals surface area contributed by atoms with Crippen LogP contribution in [-0.4, -0.2) is 31.1 Å². The van der Waals surface area contributed by atoms with Crippen molar-refractivity contribution in [1.29, 1.82) is 0 Å². The second-order valence-electron chi connectivity index (χ2n) is 4.38. The van der Waals surface area contributed by atoms with Gasteiger partial charge in [-0.1, -0.05) is 11.6 Å². The topological polar surface area (TPSA) is 41.6 Å². The lowest BCUT2D eigenvalue weighted by molar-refractivity contribution is 0.219. The first-order chi connectivity index (χ1) is 8.56. The van der Waals surface area contributed by atoms with E-state index >= 15 is 0 Å². The zero-order valence-corrected chi connectivity index (χ0v) is 11.5. The predicted molar refractivity (Wildman–Crippen MR) is 71.3 cm³/mol. The fraction of sp³-hybridized carbons (Fsp3) is 0.462. The fourth-order valence-corrected chi connectivity index (χ4v) is 2.49. The van der Waals surface area contributed by atoms with Crippen LogP contribution in [0.2, 0.25) is 5.02 Å². The van der Waals surface area contributed by atoms with Gasteiger partial charge in [0.15, 0.2) is 0 Å². The van der Waals surface area contributed by atoms with E-state index in [4.69, 9.17) is 16.3 Å². The highest BCUT2D eigenvalue weighted by molar-refractivity contribution is 6.32. The number of nitrogens with zero attached hydrogens (tertiary/aromatic N) is 1. The van der Waals surface area contributed by atoms with E-state index in [9.17, 15) is 4.79 Å². The molecule has 0 bridgehead atoms. The fourth-order valence-electron chi connectivity index (χ4n) is 2.24. The van der Waals surface area contributed by atoms with Gasteiger partial charge in [-0.3, -0.25) is 0 Å². The molecule has 4 nitrogen and oxygen atoms in total. The summed E-state index contributed by atoms with van der Waals surface area (Å²) in [5.41, 5.74) is 2.12. The number of carbonyl (C=O) groups excluding carboxylic acids is 1. The highest BCUT2D eigenvalue weighted by atomic mass is 35.5. The number of urea groups is 1. The van der Waals surface area contributed by atoms with E-state index < -0.39 is 0 Å². The van der Waals surface area contributed by atoms with E-state index in [2.05, 4.69) is 5.32 Å². The Balaban J connectivity index is 2.30. The molecule has 1 aromatic rings. The maximum Gasteiger partial charge on any atom is 0.318 e. The Morgan fingerprint density at radius 3 is 2.83 bits per heavy atom. The van der Waals surface area contributed by atoms with Crippen molar-refractivity contribution in [2.75, 3.05) is 20.2 Å². The number of methoxy groups -OCH3 is 1. The standard InChI is InChI=1S/C13H17ClN2O2/c1-4-16-7-11(15-13(16)17)9-6-10(14)12(18-3)5-8(9)2/h5-6,11H,4,7H2,1-3H3,(H,15,17). The van der Waals surface area contributed by atoms with E-state index in [1.807, 2.05) is 26.0 Å². The molecule has 2 amide bonds. The minimum Gasteiger partial charge on any atom is -0.495 e. The van der Waals surface area contributed by atoms with Gasteiger partial charge in [0.05, 0.1) is 18.2 Å². The lowest BCUT2D eigenvalue weighted by atomic mass is 10.0. The van der Waals surface area contributed by atoms with Crippen LogP contribution >= 0.6 is 11.6 Å². The Kier molecular flexibility index (Phi) is 3.66. The summed E-state index contributed by atoms with van der Waals surface area (Å²) in [7, 11) is 1.59. The number of nitrogens with one attached hydrogen (secondary N) is 1. The summed E-state index contributed by atoms with van der Waals surface area (Å²) in [5.74, 6) is 0.662. The molecular formula is C13H17ClN2O2. The molecule has 1 unspecified atom stereocenters. The van der Waals surface area contributed by atoms with Gasteiger partial charge in [-0.25, -0.2) is 4.79 Å². The van der Waals surface area contributed by atoms with Crippen molar-refractivity contribution < 1.29 is 9.53 Å². The monoisotopic (exact) mass is 268 g/mol. The second kappa shape index (κ2) is 5.06. The lowest BCUT2D eigenvalue weighted by Crippen LogP contribution is -2.27. The molecule has 1 N–H and O–H groups in total. The van der Waals surface area contributed by atoms with Crippen LogP contribution < -0.4 is 10.1 Å². The quantitative estimate of drug-likeness (QED) is 0.916. The highest BCUT2D eigenvalue weighted by Gasteiger charge is 2.29. The number of likely N-dealkylation sites (N-methyl/N-ethyl adjacent to an activating group) is 1. The summed E-state index contributed by atoms with van der Waals surface area (Å²) in [5, 5.41) is 3.54. The van der Waals surface area contributed by atoms with Gasteiger partial charge < -0.3 is 15.0 Å². The number of aryl methyl sites for hydroxylation is 1. The molecule has 1 aliphatic heterocycles. The SMILES string of the molecule is CCN1CC(c2cc(Cl)c(OC)cc2C)NC1=O. The van der Waals surface area contributed by atoms with Gasteiger partial charge in [0.2, 0.25) is 0 Å². The van der Waals surface area contributed by atoms with Crippen LogP contribution in [0.25, 0.3) is 0 Å². The van der Waals surface area contributed by atoms with Gasteiger partial charge in [-0.2, -0.15) is 0 Å². The number of halogens is 1. The molecule has 1 aliphatic rings. The molecule has 5 heteroatoms. The Bertz CT molecular complexity index is 476. The third-order valence-electron chi connectivity index (χ3n) is 3.29. The van der Waals surface area contributed by atoms with Gasteiger partial charge in [-0.15, -0.1) is 0 Å². The first kappa shape index (κ1) is 13.0. The molecule has 0 spiro atoms. The number of hydrogen-bond acceptors (Lipinski definition) is 2. The zero-order chi connectivity index (χ0) is 13.3. The number of amides is 2. The summed E-state index contributed by atoms with van der Waals surface area (Å²) in [6.07, 6.45) is 0. The smallest absolute Gasteiger partial charge is 0.318 e. The summed E-state index contributed by atoms with van der Waals surface area (Å²) in [4.78, 5) is 13.4. The molecule has 0 aliphatic carbocycles. The van der Waals surface area contributed by atoms with Crippen LogP contribution in [-0.2, 0) is 0 Å². The zero-order valence-electron chi connectivity index (χ0n) is 10.8. The molecule has 0 aromatic heterocycles. The summed E-state index contributed by atoms with van der Waals surface area (Å²) in [6.45, 7) is 5.36. The average Bonchev–Trinajstić information content (AvgIpc) is 2.72. The molecule has 18 heavy (non-hydrogen) atoms. The van der Waals surface area contributed by atoms with Crippen molar-refractivity contribution in [1.82, 2.24) is 10.2 Å². The normalized spacial score (nSPS) is 19.0. The first-order valence-corrected chi connectivity index (χ1v) is 6.34. The molecule has 1 aromatic carbocycles. The molecule has 1 atom stereocenters. The first-order valence-electron chi connectivity index (χ1n) is 5.96. The Labute approximate surface area is 112 Å². The molecule has 1 saturated heterocycles. The summed E-state index contributed by atoms with van der Waals surface area (Å²) >= 11 is 6.14. The molecule has 98 valence electrons. The Hall–Kier alpha value is -1.42. The Morgan fingerprint density at radius 1 is 1.56 bits per heavy atom. The molecule has 1 heterocycles. The summed E-state index contributed by atoms with van der Waals surface area (Å²) in [6, 6.07) is 3.76. The molecule has 2 rings (SSSR count). The van der Waals surface area contributed by atoms with Crippen molar-refractivity contribution in [3.05, 3.63) is 28.3 Å². The van der Waals surface area contributed by atoms with Gasteiger partial charge in [0.1, 0.15) is 5.75 Å². The third-order valence-corrected chi connectivity index (χ3v) is 3.58. The maximum atomic E-state index is 11.7. The van der Waals surface area contributed by atoms with E-state index in [-0.39, 0.29) is 12.1 Å². The van der Waals surface area contributed by atoms with Crippen molar-refractivity contribution in [2.24, 2.45) is 0 Å². The van der Waals surface area contributed by atoms with Crippen LogP contribution in [0.4, 0.5) is 4.79 Å². The number of hydrogen-bond donors (Lipinski definition) is 1. The number of rotatable bonds is 3. The Morgan fingerprint density at radius 2 is 2.28 bits per heavy atom. The van der Waals surface area contributed by atoms with Crippen molar-refractivity contribution in [3.8, 4) is 5.75 Å². The third kappa shape index (κ3) is 2.25. The van der Waals surface area contributed by atoms with Crippen LogP contribution in [0.5, 0.6) is 5.75 Å². The predicted octanol–water partition coefficient (Wildman–Crippen LogP) is 2.74. The molecular weight excluding hydrogens is 252 g/mol. The number of benzene rings is 1. The summed E-state index contributed by atoms with van der Waals surface area (Å²) < 4.78 is 5.18. The molecule has 1 fully saturated rings. The largest absolute Gasteiger partial charge is 0.495 e. The van der Waals surface area contributed by atoms with Gasteiger partial charge in [0, 0.05) is 13.1 Å². The van der Waals surface area contributed by atoms with Gasteiger partial charge in [-0.05, 0) is 37.1 Å². The van der Waals surface area contributed by atoms with E-state index in [1.165, 1.54) is 0 Å². The lowest BCUT2D eigenvalue weighted by Gasteiger charge is -2.15. The second-order valence-corrected chi connectivity index (χ2v) is 4.79. The minimum absolute atomic E-state index is 0.000793. The molecule has 0 saturated carbocycles. The van der Waals surface area contributed by atoms with E-state index in [0.29, 0.717) is 23.9 Å². The molecule has 0 radical (unpaired) electrons. The maximum absolute atomic E-state index is 11.7. The van der Waals surface area contributed by atoms with Crippen LogP contribution in [0.15, 0.2) is 12.1 Å². The average molecular weight is 269 g/mol. The highest BCUT2D eigenvalue weighted by Crippen LogP contribution is 2.32. The van der Waals surface area contributed by atoms with E-state index in [1.54, 1.807) is 12.0 Å².